The zero-order chi connectivity index (χ0) is 21.6. The number of rotatable bonds is 4. The Hall–Kier alpha value is -3.25. The first-order chi connectivity index (χ1) is 14.2. The molecular weight excluding hydrogens is 411 g/mol. The van der Waals surface area contributed by atoms with E-state index < -0.39 is 38.4 Å². The van der Waals surface area contributed by atoms with Crippen LogP contribution in [0.4, 0.5) is 10.5 Å². The van der Waals surface area contributed by atoms with Gasteiger partial charge in [0.25, 0.3) is 0 Å². The Balaban J connectivity index is 1.61. The second-order valence-electron chi connectivity index (χ2n) is 7.07. The summed E-state index contributed by atoms with van der Waals surface area (Å²) in [7, 11) is -4.82. The van der Waals surface area contributed by atoms with E-state index in [9.17, 15) is 23.9 Å². The summed E-state index contributed by atoms with van der Waals surface area (Å²) in [6.07, 6.45) is 0.515. The lowest BCUT2D eigenvalue weighted by molar-refractivity contribution is -0.126. The molecule has 0 spiro atoms. The number of benzene rings is 1. The van der Waals surface area contributed by atoms with Crippen molar-refractivity contribution in [1.29, 1.82) is 5.26 Å². The van der Waals surface area contributed by atoms with Crippen molar-refractivity contribution in [3.05, 3.63) is 47.8 Å². The molecule has 154 valence electrons. The van der Waals surface area contributed by atoms with Gasteiger partial charge in [0.2, 0.25) is 5.91 Å². The van der Waals surface area contributed by atoms with Crippen molar-refractivity contribution in [2.45, 2.75) is 25.5 Å². The van der Waals surface area contributed by atoms with E-state index in [0.717, 1.165) is 23.6 Å². The minimum atomic E-state index is -4.82. The number of fused-ring (bicyclic) bond motifs is 3. The largest absolute Gasteiger partial charge is 0.442 e. The van der Waals surface area contributed by atoms with Crippen molar-refractivity contribution in [2.75, 3.05) is 11.4 Å². The summed E-state index contributed by atoms with van der Waals surface area (Å²) in [5, 5.41) is 8.88. The minimum Gasteiger partial charge on any atom is -0.442 e. The molecule has 10 nitrogen and oxygen atoms in total. The van der Waals surface area contributed by atoms with Crippen LogP contribution in [0.5, 0.6) is 0 Å². The van der Waals surface area contributed by atoms with Crippen LogP contribution in [-0.2, 0) is 20.5 Å². The third kappa shape index (κ3) is 3.44. The Kier molecular flexibility index (Phi) is 4.82. The average Bonchev–Trinajstić information content (AvgIpc) is 3.22. The highest BCUT2D eigenvalue weighted by atomic mass is 31.2. The van der Waals surface area contributed by atoms with E-state index in [1.165, 1.54) is 4.90 Å². The number of ether oxygens (including phenoxy) is 1. The van der Waals surface area contributed by atoms with Gasteiger partial charge < -0.3 is 14.5 Å². The number of carbonyl (C=O) groups excluding carboxylic acids is 2. The van der Waals surface area contributed by atoms with Gasteiger partial charge in [-0.3, -0.25) is 9.69 Å². The number of hydrogen-bond acceptors (Lipinski definition) is 6. The maximum atomic E-state index is 12.4. The second kappa shape index (κ2) is 7.22. The van der Waals surface area contributed by atoms with Crippen LogP contribution in [0.25, 0.3) is 11.1 Å². The fraction of sp³-hybridized carbons (Fsp3) is 0.263. The molecule has 4 rings (SSSR count). The molecule has 2 aliphatic rings. The highest BCUT2D eigenvalue weighted by Gasteiger charge is 2.49. The molecule has 0 saturated carbocycles. The first-order valence-corrected chi connectivity index (χ1v) is 10.6. The van der Waals surface area contributed by atoms with E-state index in [4.69, 9.17) is 10.00 Å². The normalized spacial score (nSPS) is 19.7. The molecule has 1 saturated heterocycles. The number of nitrogens with zero attached hydrogens (tertiary/aromatic N) is 4. The molecule has 30 heavy (non-hydrogen) atoms. The molecule has 1 aromatic carbocycles. The van der Waals surface area contributed by atoms with Crippen LogP contribution < -0.4 is 4.90 Å². The first-order valence-electron chi connectivity index (χ1n) is 9.02. The van der Waals surface area contributed by atoms with E-state index >= 15 is 0 Å². The van der Waals surface area contributed by atoms with Gasteiger partial charge in [-0.15, -0.1) is 0 Å². The molecule has 2 aliphatic heterocycles. The number of pyridine rings is 1. The van der Waals surface area contributed by atoms with E-state index in [2.05, 4.69) is 4.98 Å². The van der Waals surface area contributed by atoms with Gasteiger partial charge in [0.05, 0.1) is 18.3 Å². The lowest BCUT2D eigenvalue weighted by Crippen LogP contribution is -2.41. The van der Waals surface area contributed by atoms with Crippen LogP contribution in [0.3, 0.4) is 0 Å². The molecule has 11 heteroatoms. The summed E-state index contributed by atoms with van der Waals surface area (Å²) in [5.74, 6) is -0.802. The van der Waals surface area contributed by atoms with Crippen LogP contribution >= 0.6 is 7.75 Å². The summed E-state index contributed by atoms with van der Waals surface area (Å²) >= 11 is 0. The van der Waals surface area contributed by atoms with Crippen LogP contribution in [0.1, 0.15) is 18.2 Å². The molecule has 0 bridgehead atoms. The molecule has 2 unspecified atom stereocenters. The fourth-order valence-corrected chi connectivity index (χ4v) is 4.57. The average molecular weight is 428 g/mol. The van der Waals surface area contributed by atoms with E-state index in [-0.39, 0.29) is 0 Å². The molecule has 0 radical (unpaired) electrons. The van der Waals surface area contributed by atoms with Crippen LogP contribution in [-0.4, -0.2) is 50.1 Å². The fourth-order valence-electron chi connectivity index (χ4n) is 3.83. The SMILES string of the molecule is CC(=O)N(CC1OC(=O)N2c3ccc(-c4ccc(C#N)nc4)cc3CC12)P(=O)(O)O. The minimum absolute atomic E-state index is 0.311. The zero-order valence-corrected chi connectivity index (χ0v) is 16.7. The Bertz CT molecular complexity index is 1120. The third-order valence-corrected chi connectivity index (χ3v) is 6.29. The predicted octanol–water partition coefficient (Wildman–Crippen LogP) is 1.81. The smallest absolute Gasteiger partial charge is 0.432 e. The number of hydrogen-bond donors (Lipinski definition) is 2. The number of cyclic esters (lactones) is 1. The first kappa shape index (κ1) is 20.0. The van der Waals surface area contributed by atoms with Crippen LogP contribution in [0.15, 0.2) is 36.5 Å². The number of amides is 2. The maximum absolute atomic E-state index is 12.4. The van der Waals surface area contributed by atoms with Crippen molar-refractivity contribution < 1.29 is 28.7 Å². The highest BCUT2D eigenvalue weighted by Crippen LogP contribution is 2.44. The predicted molar refractivity (Wildman–Crippen MR) is 104 cm³/mol. The summed E-state index contributed by atoms with van der Waals surface area (Å²) in [6.45, 7) is 0.655. The topological polar surface area (TPSA) is 144 Å². The van der Waals surface area contributed by atoms with Gasteiger partial charge in [-0.05, 0) is 41.8 Å². The van der Waals surface area contributed by atoms with E-state index in [1.807, 2.05) is 18.2 Å². The number of aromatic nitrogens is 1. The van der Waals surface area contributed by atoms with Crippen molar-refractivity contribution in [2.24, 2.45) is 0 Å². The molecule has 0 aliphatic carbocycles. The summed E-state index contributed by atoms with van der Waals surface area (Å²) in [5.41, 5.74) is 3.51. The maximum Gasteiger partial charge on any atom is 0.432 e. The second-order valence-corrected chi connectivity index (χ2v) is 8.57. The van der Waals surface area contributed by atoms with Crippen molar-refractivity contribution >= 4 is 25.4 Å². The Morgan fingerprint density at radius 1 is 1.37 bits per heavy atom. The summed E-state index contributed by atoms with van der Waals surface area (Å²) in [4.78, 5) is 48.5. The Labute approximate surface area is 171 Å². The quantitative estimate of drug-likeness (QED) is 0.702. The van der Waals surface area contributed by atoms with Gasteiger partial charge in [0.15, 0.2) is 0 Å². The Morgan fingerprint density at radius 2 is 2.10 bits per heavy atom. The van der Waals surface area contributed by atoms with Crippen molar-refractivity contribution in [3.8, 4) is 17.2 Å². The van der Waals surface area contributed by atoms with Gasteiger partial charge in [0.1, 0.15) is 17.9 Å². The summed E-state index contributed by atoms with van der Waals surface area (Å²) < 4.78 is 17.4. The molecule has 2 aromatic rings. The number of anilines is 1. The van der Waals surface area contributed by atoms with Gasteiger partial charge in [-0.25, -0.2) is 19.0 Å². The number of nitriles is 1. The molecule has 2 N–H and O–H groups in total. The van der Waals surface area contributed by atoms with Gasteiger partial charge >= 0.3 is 13.8 Å². The van der Waals surface area contributed by atoms with E-state index in [1.54, 1.807) is 24.4 Å². The molecule has 1 aromatic heterocycles. The molecular formula is C19H17N4O6P. The molecule has 2 amide bonds. The van der Waals surface area contributed by atoms with Gasteiger partial charge in [0, 0.05) is 18.7 Å². The lowest BCUT2D eigenvalue weighted by atomic mass is 10.0. The third-order valence-electron chi connectivity index (χ3n) is 5.22. The van der Waals surface area contributed by atoms with Crippen LogP contribution in [0.2, 0.25) is 0 Å². The van der Waals surface area contributed by atoms with Crippen LogP contribution in [0, 0.1) is 11.3 Å². The Morgan fingerprint density at radius 3 is 2.70 bits per heavy atom. The van der Waals surface area contributed by atoms with Crippen molar-refractivity contribution in [1.82, 2.24) is 9.65 Å². The molecule has 1 fully saturated rings. The van der Waals surface area contributed by atoms with Crippen molar-refractivity contribution in [3.63, 3.8) is 0 Å². The number of carbonyl (C=O) groups is 2. The highest BCUT2D eigenvalue weighted by molar-refractivity contribution is 7.49. The monoisotopic (exact) mass is 428 g/mol. The summed E-state index contributed by atoms with van der Waals surface area (Å²) in [6, 6.07) is 10.4. The van der Waals surface area contributed by atoms with E-state index in [0.29, 0.717) is 22.5 Å². The molecule has 2 atom stereocenters. The zero-order valence-electron chi connectivity index (χ0n) is 15.8. The molecule has 3 heterocycles. The lowest BCUT2D eigenvalue weighted by Gasteiger charge is -2.26. The van der Waals surface area contributed by atoms with Gasteiger partial charge in [-0.2, -0.15) is 5.26 Å². The standard InChI is InChI=1S/C19H17N4O6P/c1-11(24)22(30(26,27)28)10-18-17-7-14-6-12(13-2-4-15(8-20)21-9-13)3-5-16(14)23(17)19(25)29-18/h2-6,9,17-18H,7,10H2,1H3,(H2,26,27,28). The van der Waals surface area contributed by atoms with Gasteiger partial charge in [-0.1, -0.05) is 6.07 Å².